The van der Waals surface area contributed by atoms with Gasteiger partial charge in [-0.1, -0.05) is 0 Å². The number of hydrogen-bond acceptors (Lipinski definition) is 5. The Balaban J connectivity index is 1.57. The van der Waals surface area contributed by atoms with Crippen LogP contribution in [0.25, 0.3) is 0 Å². The highest BCUT2D eigenvalue weighted by molar-refractivity contribution is 5.91. The minimum atomic E-state index is -0.247. The van der Waals surface area contributed by atoms with Gasteiger partial charge in [-0.3, -0.25) is 9.78 Å². The first kappa shape index (κ1) is 14.4. The zero-order valence-corrected chi connectivity index (χ0v) is 12.2. The van der Waals surface area contributed by atoms with Gasteiger partial charge in [-0.05, 0) is 37.3 Å². The summed E-state index contributed by atoms with van der Waals surface area (Å²) >= 11 is 0. The monoisotopic (exact) mass is 298 g/mol. The van der Waals surface area contributed by atoms with Crippen LogP contribution < -0.4 is 10.1 Å². The van der Waals surface area contributed by atoms with E-state index in [1.165, 1.54) is 31.4 Å². The normalized spacial score (nSPS) is 14.7. The number of nitrogens with zero attached hydrogens (tertiary/aromatic N) is 3. The Morgan fingerprint density at radius 3 is 2.86 bits per heavy atom. The fraction of sp³-hybridized carbons (Fsp3) is 0.375. The molecule has 1 aliphatic rings. The maximum absolute atomic E-state index is 11.9. The van der Waals surface area contributed by atoms with Crippen LogP contribution in [0, 0.1) is 0 Å². The van der Waals surface area contributed by atoms with Crippen LogP contribution in [0.3, 0.4) is 0 Å². The first-order chi connectivity index (χ1) is 10.8. The second-order valence-electron chi connectivity index (χ2n) is 5.30. The van der Waals surface area contributed by atoms with Gasteiger partial charge >= 0.3 is 0 Å². The van der Waals surface area contributed by atoms with E-state index in [-0.39, 0.29) is 12.0 Å². The topological polar surface area (TPSA) is 77.0 Å². The second kappa shape index (κ2) is 6.98. The third-order valence-corrected chi connectivity index (χ3v) is 3.64. The van der Waals surface area contributed by atoms with Gasteiger partial charge in [0.2, 0.25) is 5.88 Å². The molecule has 0 unspecified atom stereocenters. The molecule has 114 valence electrons. The Kier molecular flexibility index (Phi) is 4.58. The number of aromatic nitrogens is 3. The highest BCUT2D eigenvalue weighted by atomic mass is 16.5. The number of ether oxygens (including phenoxy) is 1. The van der Waals surface area contributed by atoms with Crippen molar-refractivity contribution in [2.75, 3.05) is 0 Å². The quantitative estimate of drug-likeness (QED) is 0.915. The summed E-state index contributed by atoms with van der Waals surface area (Å²) < 4.78 is 5.86. The van der Waals surface area contributed by atoms with E-state index in [0.29, 0.717) is 18.1 Å². The van der Waals surface area contributed by atoms with E-state index in [2.05, 4.69) is 20.3 Å². The van der Waals surface area contributed by atoms with Gasteiger partial charge in [-0.15, -0.1) is 0 Å². The van der Waals surface area contributed by atoms with Crippen LogP contribution in [0.15, 0.2) is 36.9 Å². The van der Waals surface area contributed by atoms with Crippen molar-refractivity contribution in [3.05, 3.63) is 48.2 Å². The lowest BCUT2D eigenvalue weighted by Gasteiger charge is -2.12. The van der Waals surface area contributed by atoms with Gasteiger partial charge in [-0.2, -0.15) is 0 Å². The molecule has 0 aromatic carbocycles. The number of pyridine rings is 1. The van der Waals surface area contributed by atoms with Crippen LogP contribution in [0.4, 0.5) is 0 Å². The van der Waals surface area contributed by atoms with Crippen molar-refractivity contribution < 1.29 is 9.53 Å². The average Bonchev–Trinajstić information content (AvgIpc) is 3.07. The van der Waals surface area contributed by atoms with E-state index in [1.54, 1.807) is 6.20 Å². The molecule has 6 nitrogen and oxygen atoms in total. The highest BCUT2D eigenvalue weighted by Gasteiger charge is 2.17. The largest absolute Gasteiger partial charge is 0.474 e. The molecule has 0 spiro atoms. The summed E-state index contributed by atoms with van der Waals surface area (Å²) in [6, 6.07) is 3.73. The lowest BCUT2D eigenvalue weighted by molar-refractivity contribution is 0.0945. The lowest BCUT2D eigenvalue weighted by atomic mass is 10.2. The Morgan fingerprint density at radius 1 is 1.23 bits per heavy atom. The van der Waals surface area contributed by atoms with Crippen molar-refractivity contribution in [3.63, 3.8) is 0 Å². The Hall–Kier alpha value is -2.50. The van der Waals surface area contributed by atoms with Crippen LogP contribution in [0.1, 0.15) is 41.7 Å². The zero-order valence-electron chi connectivity index (χ0n) is 12.2. The molecule has 1 aliphatic carbocycles. The fourth-order valence-electron chi connectivity index (χ4n) is 2.49. The molecule has 2 aromatic heterocycles. The summed E-state index contributed by atoms with van der Waals surface area (Å²) in [6.45, 7) is 0.402. The smallest absolute Gasteiger partial charge is 0.271 e. The molecule has 1 amide bonds. The predicted octanol–water partition coefficient (Wildman–Crippen LogP) is 2.12. The molecule has 0 saturated heterocycles. The summed E-state index contributed by atoms with van der Waals surface area (Å²) in [5, 5.41) is 2.81. The lowest BCUT2D eigenvalue weighted by Crippen LogP contribution is -2.24. The summed E-state index contributed by atoms with van der Waals surface area (Å²) in [5.41, 5.74) is 1.25. The summed E-state index contributed by atoms with van der Waals surface area (Å²) in [4.78, 5) is 24.0. The summed E-state index contributed by atoms with van der Waals surface area (Å²) in [5.74, 6) is 0.376. The van der Waals surface area contributed by atoms with Gasteiger partial charge in [0.05, 0.1) is 6.20 Å². The van der Waals surface area contributed by atoms with Crippen LogP contribution in [0.5, 0.6) is 5.88 Å². The number of hydrogen-bond donors (Lipinski definition) is 1. The number of carbonyl (C=O) groups excluding carboxylic acids is 1. The van der Waals surface area contributed by atoms with Gasteiger partial charge < -0.3 is 10.1 Å². The van der Waals surface area contributed by atoms with E-state index in [4.69, 9.17) is 4.74 Å². The molecule has 2 heterocycles. The van der Waals surface area contributed by atoms with E-state index in [1.807, 2.05) is 12.1 Å². The van der Waals surface area contributed by atoms with Crippen molar-refractivity contribution >= 4 is 5.91 Å². The van der Waals surface area contributed by atoms with Crippen molar-refractivity contribution in [3.8, 4) is 5.88 Å². The molecule has 22 heavy (non-hydrogen) atoms. The number of nitrogens with one attached hydrogen (secondary N) is 1. The van der Waals surface area contributed by atoms with Crippen LogP contribution in [-0.4, -0.2) is 27.0 Å². The fourth-order valence-corrected chi connectivity index (χ4v) is 2.49. The first-order valence-corrected chi connectivity index (χ1v) is 7.47. The SMILES string of the molecule is O=C(NCc1ccnc(OC2CCCC2)c1)c1cnccn1. The van der Waals surface area contributed by atoms with E-state index in [0.717, 1.165) is 18.4 Å². The number of amides is 1. The third kappa shape index (κ3) is 3.78. The average molecular weight is 298 g/mol. The molecular weight excluding hydrogens is 280 g/mol. The predicted molar refractivity (Wildman–Crippen MR) is 80.3 cm³/mol. The van der Waals surface area contributed by atoms with E-state index < -0.39 is 0 Å². The molecular formula is C16H18N4O2. The van der Waals surface area contributed by atoms with E-state index >= 15 is 0 Å². The molecule has 0 aliphatic heterocycles. The Bertz CT molecular complexity index is 627. The van der Waals surface area contributed by atoms with Gasteiger partial charge in [0.25, 0.3) is 5.91 Å². The van der Waals surface area contributed by atoms with Crippen molar-refractivity contribution in [1.29, 1.82) is 0 Å². The highest BCUT2D eigenvalue weighted by Crippen LogP contribution is 2.23. The molecule has 6 heteroatoms. The molecule has 0 radical (unpaired) electrons. The van der Waals surface area contributed by atoms with Crippen molar-refractivity contribution in [1.82, 2.24) is 20.3 Å². The van der Waals surface area contributed by atoms with Gasteiger partial charge in [0, 0.05) is 31.2 Å². The molecule has 1 saturated carbocycles. The van der Waals surface area contributed by atoms with Gasteiger partial charge in [0.15, 0.2) is 0 Å². The van der Waals surface area contributed by atoms with Crippen molar-refractivity contribution in [2.24, 2.45) is 0 Å². The number of carbonyl (C=O) groups is 1. The molecule has 3 rings (SSSR count). The third-order valence-electron chi connectivity index (χ3n) is 3.64. The molecule has 0 bridgehead atoms. The maximum Gasteiger partial charge on any atom is 0.271 e. The summed E-state index contributed by atoms with van der Waals surface area (Å²) in [7, 11) is 0. The minimum absolute atomic E-state index is 0.247. The maximum atomic E-state index is 11.9. The van der Waals surface area contributed by atoms with Crippen molar-refractivity contribution in [2.45, 2.75) is 38.3 Å². The van der Waals surface area contributed by atoms with Gasteiger partial charge in [0.1, 0.15) is 11.8 Å². The van der Waals surface area contributed by atoms with E-state index in [9.17, 15) is 4.79 Å². The standard InChI is InChI=1S/C16H18N4O2/c21-16(14-11-17-7-8-18-14)20-10-12-5-6-19-15(9-12)22-13-3-1-2-4-13/h5-9,11,13H,1-4,10H2,(H,20,21). The summed E-state index contributed by atoms with van der Waals surface area (Å²) in [6.07, 6.45) is 11.1. The Labute approximate surface area is 129 Å². The van der Waals surface area contributed by atoms with Crippen LogP contribution in [0.2, 0.25) is 0 Å². The Morgan fingerprint density at radius 2 is 2.09 bits per heavy atom. The first-order valence-electron chi connectivity index (χ1n) is 7.47. The molecule has 2 aromatic rings. The minimum Gasteiger partial charge on any atom is -0.474 e. The van der Waals surface area contributed by atoms with Crippen LogP contribution in [-0.2, 0) is 6.54 Å². The molecule has 1 fully saturated rings. The second-order valence-corrected chi connectivity index (χ2v) is 5.30. The zero-order chi connectivity index (χ0) is 15.2. The molecule has 1 N–H and O–H groups in total. The molecule has 0 atom stereocenters. The van der Waals surface area contributed by atoms with Crippen LogP contribution >= 0.6 is 0 Å². The number of rotatable bonds is 5. The van der Waals surface area contributed by atoms with Gasteiger partial charge in [-0.25, -0.2) is 9.97 Å².